The summed E-state index contributed by atoms with van der Waals surface area (Å²) in [6.45, 7) is 6.33. The fraction of sp³-hybridized carbons (Fsp3) is 0.500. The number of hydrogen-bond donors (Lipinski definition) is 2. The van der Waals surface area contributed by atoms with Crippen LogP contribution in [-0.2, 0) is 42.9 Å². The van der Waals surface area contributed by atoms with Gasteiger partial charge in [0.1, 0.15) is 5.82 Å². The molecule has 1 aliphatic heterocycles. The molecule has 1 amide bonds. The summed E-state index contributed by atoms with van der Waals surface area (Å²) in [7, 11) is -3.52. The van der Waals surface area contributed by atoms with Gasteiger partial charge in [-0.05, 0) is 69.4 Å². The highest BCUT2D eigenvalue weighted by Crippen LogP contribution is 2.33. The number of amides is 1. The summed E-state index contributed by atoms with van der Waals surface area (Å²) >= 11 is 0. The Morgan fingerprint density at radius 2 is 1.97 bits per heavy atom. The van der Waals surface area contributed by atoms with E-state index in [0.29, 0.717) is 43.6 Å². The molecule has 2 aromatic rings. The monoisotopic (exact) mass is 491 g/mol. The molecule has 34 heavy (non-hydrogen) atoms. The van der Waals surface area contributed by atoms with Crippen LogP contribution < -0.4 is 10.0 Å². The maximum Gasteiger partial charge on any atom is 0.229 e. The van der Waals surface area contributed by atoms with Crippen molar-refractivity contribution in [2.24, 2.45) is 5.92 Å². The molecule has 1 aromatic carbocycles. The summed E-state index contributed by atoms with van der Waals surface area (Å²) in [6, 6.07) is 6.00. The number of sulfonamides is 1. The van der Waals surface area contributed by atoms with E-state index in [2.05, 4.69) is 10.0 Å². The van der Waals surface area contributed by atoms with Crippen LogP contribution in [0.1, 0.15) is 54.4 Å². The highest BCUT2D eigenvalue weighted by atomic mass is 32.2. The van der Waals surface area contributed by atoms with Crippen LogP contribution in [0.25, 0.3) is 0 Å². The molecule has 2 aliphatic rings. The molecule has 1 aromatic heterocycles. The van der Waals surface area contributed by atoms with Crippen molar-refractivity contribution in [3.63, 3.8) is 0 Å². The molecule has 0 bridgehead atoms. The number of carbonyl (C=O) groups excluding carboxylic acids is 1. The number of nitrogens with zero attached hydrogens (tertiary/aromatic N) is 1. The predicted octanol–water partition coefficient (Wildman–Crippen LogP) is 3.10. The van der Waals surface area contributed by atoms with Crippen LogP contribution in [0, 0.1) is 18.7 Å². The van der Waals surface area contributed by atoms with Gasteiger partial charge in [-0.1, -0.05) is 6.07 Å². The Morgan fingerprint density at radius 3 is 2.65 bits per heavy atom. The summed E-state index contributed by atoms with van der Waals surface area (Å²) < 4.78 is 51.4. The molecule has 4 rings (SSSR count). The third-order valence-electron chi connectivity index (χ3n) is 6.40. The Hall–Kier alpha value is -2.56. The van der Waals surface area contributed by atoms with Gasteiger partial charge in [0.25, 0.3) is 0 Å². The summed E-state index contributed by atoms with van der Waals surface area (Å²) in [5.74, 6) is -1.80. The van der Waals surface area contributed by atoms with Crippen molar-refractivity contribution in [3.05, 3.63) is 58.2 Å². The number of aromatic nitrogens is 1. The average molecular weight is 492 g/mol. The molecule has 1 fully saturated rings. The number of hydrogen-bond acceptors (Lipinski definition) is 6. The first-order valence-electron chi connectivity index (χ1n) is 11.3. The second kappa shape index (κ2) is 9.24. The number of benzene rings is 1. The Morgan fingerprint density at radius 1 is 1.26 bits per heavy atom. The van der Waals surface area contributed by atoms with Crippen LogP contribution in [0.4, 0.5) is 10.1 Å². The van der Waals surface area contributed by atoms with Gasteiger partial charge in [0.15, 0.2) is 0 Å². The van der Waals surface area contributed by atoms with E-state index >= 15 is 0 Å². The van der Waals surface area contributed by atoms with E-state index in [4.69, 9.17) is 14.5 Å². The molecule has 0 radical (unpaired) electrons. The fourth-order valence-electron chi connectivity index (χ4n) is 4.50. The van der Waals surface area contributed by atoms with E-state index in [1.54, 1.807) is 19.9 Å². The molecule has 184 valence electrons. The molecule has 1 aliphatic carbocycles. The predicted molar refractivity (Wildman–Crippen MR) is 125 cm³/mol. The molecule has 2 heterocycles. The number of fused-ring (bicyclic) bond motifs is 1. The molecule has 10 heteroatoms. The smallest absolute Gasteiger partial charge is 0.229 e. The first kappa shape index (κ1) is 24.6. The molecule has 0 unspecified atom stereocenters. The van der Waals surface area contributed by atoms with Crippen molar-refractivity contribution >= 4 is 21.6 Å². The van der Waals surface area contributed by atoms with Gasteiger partial charge in [0, 0.05) is 17.2 Å². The van der Waals surface area contributed by atoms with Crippen molar-refractivity contribution < 1.29 is 27.1 Å². The van der Waals surface area contributed by atoms with Crippen LogP contribution in [-0.4, -0.2) is 38.8 Å². The summed E-state index contributed by atoms with van der Waals surface area (Å²) in [5.41, 5.74) is 3.76. The van der Waals surface area contributed by atoms with Gasteiger partial charge >= 0.3 is 0 Å². The number of aryl methyl sites for hydroxylation is 2. The van der Waals surface area contributed by atoms with E-state index < -0.39 is 27.7 Å². The maximum atomic E-state index is 14.7. The quantitative estimate of drug-likeness (QED) is 0.643. The molecule has 0 spiro atoms. The zero-order valence-electron chi connectivity index (χ0n) is 19.8. The topological polar surface area (TPSA) is 107 Å². The van der Waals surface area contributed by atoms with Crippen LogP contribution in [0.3, 0.4) is 0 Å². The maximum absolute atomic E-state index is 14.7. The number of ether oxygens (including phenoxy) is 2. The molecule has 0 saturated carbocycles. The first-order valence-corrected chi connectivity index (χ1v) is 13.2. The number of halogens is 1. The Balaban J connectivity index is 1.43. The SMILES string of the molecule is Cc1cc([C@@H](C)NC(=O)[C@H]2CCc3nc(C4(C)OCCO4)ccc3C2)c(F)cc1NS(C)(=O)=O. The second-order valence-electron chi connectivity index (χ2n) is 9.18. The van der Waals surface area contributed by atoms with Gasteiger partial charge < -0.3 is 14.8 Å². The zero-order valence-corrected chi connectivity index (χ0v) is 20.6. The number of carbonyl (C=O) groups is 1. The minimum Gasteiger partial charge on any atom is -0.349 e. The first-order chi connectivity index (χ1) is 15.9. The van der Waals surface area contributed by atoms with E-state index in [0.717, 1.165) is 29.3 Å². The van der Waals surface area contributed by atoms with E-state index in [1.165, 1.54) is 0 Å². The molecule has 2 N–H and O–H groups in total. The van der Waals surface area contributed by atoms with E-state index in [1.807, 2.05) is 19.1 Å². The van der Waals surface area contributed by atoms with Gasteiger partial charge in [-0.25, -0.2) is 12.8 Å². The Labute approximate surface area is 199 Å². The number of anilines is 1. The molecular formula is C24H30FN3O5S. The highest BCUT2D eigenvalue weighted by Gasteiger charge is 2.36. The summed E-state index contributed by atoms with van der Waals surface area (Å²) in [5, 5.41) is 2.92. The van der Waals surface area contributed by atoms with Crippen molar-refractivity contribution in [2.45, 2.75) is 51.9 Å². The number of nitrogens with one attached hydrogen (secondary N) is 2. The third-order valence-corrected chi connectivity index (χ3v) is 6.99. The lowest BCUT2D eigenvalue weighted by Crippen LogP contribution is -2.36. The van der Waals surface area contributed by atoms with Crippen LogP contribution in [0.5, 0.6) is 0 Å². The number of rotatable bonds is 6. The van der Waals surface area contributed by atoms with Gasteiger partial charge in [-0.2, -0.15) is 0 Å². The lowest BCUT2D eigenvalue weighted by atomic mass is 9.85. The molecule has 1 saturated heterocycles. The van der Waals surface area contributed by atoms with Crippen molar-refractivity contribution in [1.29, 1.82) is 0 Å². The minimum absolute atomic E-state index is 0.146. The van der Waals surface area contributed by atoms with Gasteiger partial charge in [0.05, 0.1) is 36.9 Å². The van der Waals surface area contributed by atoms with Crippen molar-refractivity contribution in [1.82, 2.24) is 10.3 Å². The van der Waals surface area contributed by atoms with Crippen LogP contribution in [0.2, 0.25) is 0 Å². The second-order valence-corrected chi connectivity index (χ2v) is 10.9. The highest BCUT2D eigenvalue weighted by molar-refractivity contribution is 7.92. The van der Waals surface area contributed by atoms with Crippen LogP contribution >= 0.6 is 0 Å². The molecule has 8 nitrogen and oxygen atoms in total. The zero-order chi connectivity index (χ0) is 24.7. The lowest BCUT2D eigenvalue weighted by molar-refractivity contribution is -0.153. The molecular weight excluding hydrogens is 461 g/mol. The largest absolute Gasteiger partial charge is 0.349 e. The van der Waals surface area contributed by atoms with Gasteiger partial charge in [-0.15, -0.1) is 0 Å². The summed E-state index contributed by atoms with van der Waals surface area (Å²) in [6.07, 6.45) is 2.86. The number of pyridine rings is 1. The normalized spacial score (nSPS) is 20.4. The molecule has 2 atom stereocenters. The van der Waals surface area contributed by atoms with Gasteiger partial charge in [0.2, 0.25) is 21.7 Å². The Bertz CT molecular complexity index is 1210. The minimum atomic E-state index is -3.52. The van der Waals surface area contributed by atoms with Crippen molar-refractivity contribution in [3.8, 4) is 0 Å². The Kier molecular flexibility index (Phi) is 6.67. The summed E-state index contributed by atoms with van der Waals surface area (Å²) in [4.78, 5) is 17.7. The third kappa shape index (κ3) is 5.24. The van der Waals surface area contributed by atoms with Crippen LogP contribution in [0.15, 0.2) is 24.3 Å². The van der Waals surface area contributed by atoms with E-state index in [-0.39, 0.29) is 17.5 Å². The fourth-order valence-corrected chi connectivity index (χ4v) is 5.12. The standard InChI is InChI=1S/C24H30FN3O5S/c1-14-11-18(19(25)13-21(14)28-34(4,30)31)15(2)26-23(29)17-5-7-20-16(12-17)6-8-22(27-20)24(3)32-9-10-33-24/h6,8,11,13,15,17,28H,5,7,9-10,12H2,1-4H3,(H,26,29)/t15-,17+/m1/s1. The lowest BCUT2D eigenvalue weighted by Gasteiger charge is -2.27. The van der Waals surface area contributed by atoms with Crippen molar-refractivity contribution in [2.75, 3.05) is 24.2 Å². The van der Waals surface area contributed by atoms with Gasteiger partial charge in [-0.3, -0.25) is 14.5 Å². The van der Waals surface area contributed by atoms with E-state index in [9.17, 15) is 17.6 Å². The average Bonchev–Trinajstić information content (AvgIpc) is 3.22.